The number of carbonyl (C=O) groups excluding carboxylic acids is 4. The summed E-state index contributed by atoms with van der Waals surface area (Å²) >= 11 is 0. The van der Waals surface area contributed by atoms with Gasteiger partial charge in [-0.05, 0) is 6.42 Å². The molecular formula is C15H13NO7S. The molecule has 0 atom stereocenters. The molecule has 2 N–H and O–H groups in total. The lowest BCUT2D eigenvalue weighted by Gasteiger charge is -2.11. The Labute approximate surface area is 137 Å². The summed E-state index contributed by atoms with van der Waals surface area (Å²) in [6.07, 6.45) is 6.49. The lowest BCUT2D eigenvalue weighted by molar-refractivity contribution is -0.162. The van der Waals surface area contributed by atoms with Crippen LogP contribution in [0.1, 0.15) is 19.3 Å². The molecule has 8 nitrogen and oxygen atoms in total. The third kappa shape index (κ3) is 4.21. The van der Waals surface area contributed by atoms with Crippen LogP contribution in [0.5, 0.6) is 0 Å². The molecule has 0 bridgehead atoms. The highest BCUT2D eigenvalue weighted by Crippen LogP contribution is 2.20. The van der Waals surface area contributed by atoms with Gasteiger partial charge in [0.05, 0.1) is 11.3 Å². The average Bonchev–Trinajstić information content (AvgIpc) is 3.01. The second kappa shape index (κ2) is 6.85. The first kappa shape index (κ1) is 17.7. The van der Waals surface area contributed by atoms with Crippen molar-refractivity contribution in [3.05, 3.63) is 46.4 Å². The number of esters is 2. The molecule has 2 aliphatic rings. The highest BCUT2D eigenvalue weighted by molar-refractivity contribution is 7.93. The van der Waals surface area contributed by atoms with Crippen LogP contribution in [0.25, 0.3) is 0 Å². The summed E-state index contributed by atoms with van der Waals surface area (Å²) < 4.78 is 26.7. The van der Waals surface area contributed by atoms with Crippen LogP contribution in [0.3, 0.4) is 0 Å². The minimum atomic E-state index is -3.98. The van der Waals surface area contributed by atoms with E-state index in [0.717, 1.165) is 6.08 Å². The number of carbonyl (C=O) groups is 4. The summed E-state index contributed by atoms with van der Waals surface area (Å²) in [5.41, 5.74) is 0.106. The molecule has 0 saturated carbocycles. The molecule has 0 heterocycles. The summed E-state index contributed by atoms with van der Waals surface area (Å²) in [6, 6.07) is 0. The molecule has 0 unspecified atom stereocenters. The van der Waals surface area contributed by atoms with E-state index in [4.69, 9.17) is 5.14 Å². The van der Waals surface area contributed by atoms with Gasteiger partial charge in [-0.1, -0.05) is 24.3 Å². The first-order valence-corrected chi connectivity index (χ1v) is 8.36. The van der Waals surface area contributed by atoms with Gasteiger partial charge < -0.3 is 4.74 Å². The lowest BCUT2D eigenvalue weighted by Crippen LogP contribution is -2.24. The quantitative estimate of drug-likeness (QED) is 0.417. The van der Waals surface area contributed by atoms with Gasteiger partial charge in [-0.3, -0.25) is 14.4 Å². The molecule has 0 fully saturated rings. The van der Waals surface area contributed by atoms with Crippen molar-refractivity contribution in [1.82, 2.24) is 0 Å². The standard InChI is InChI=1S/C15H13NO7S/c16-24(21,22)11-6-5-10(12(17)8-11)7-13(18)23-15(20)14(19)9-3-1-2-4-9/h1,3-5,8H,2,6-7H2,(H2,16,21,22). The highest BCUT2D eigenvalue weighted by atomic mass is 32.2. The van der Waals surface area contributed by atoms with Gasteiger partial charge in [-0.25, -0.2) is 18.4 Å². The monoisotopic (exact) mass is 351 g/mol. The Bertz CT molecular complexity index is 856. The summed E-state index contributed by atoms with van der Waals surface area (Å²) in [7, 11) is -3.98. The molecule has 2 aliphatic carbocycles. The van der Waals surface area contributed by atoms with Crippen LogP contribution in [0.2, 0.25) is 0 Å². The number of nitrogens with two attached hydrogens (primary N) is 1. The number of allylic oxidation sites excluding steroid dienone is 6. The Kier molecular flexibility index (Phi) is 5.05. The van der Waals surface area contributed by atoms with Crippen molar-refractivity contribution in [3.8, 4) is 0 Å². The molecule has 0 aliphatic heterocycles. The molecule has 2 rings (SSSR count). The molecule has 0 amide bonds. The van der Waals surface area contributed by atoms with Gasteiger partial charge in [0.25, 0.3) is 5.78 Å². The number of Topliss-reactive ketones (excluding diaryl/α,β-unsaturated/α-hetero) is 1. The minimum Gasteiger partial charge on any atom is -0.387 e. The van der Waals surface area contributed by atoms with Crippen LogP contribution in [0.4, 0.5) is 0 Å². The van der Waals surface area contributed by atoms with E-state index >= 15 is 0 Å². The fourth-order valence-corrected chi connectivity index (χ4v) is 2.65. The van der Waals surface area contributed by atoms with Crippen LogP contribution >= 0.6 is 0 Å². The smallest absolute Gasteiger partial charge is 0.387 e. The molecule has 126 valence electrons. The number of rotatable bonds is 5. The van der Waals surface area contributed by atoms with Crippen molar-refractivity contribution >= 4 is 33.5 Å². The SMILES string of the molecule is NS(=O)(=O)C1=CC(=O)C(CC(=O)OC(=O)C(=O)C2=CCC=C2)=CC1. The van der Waals surface area contributed by atoms with E-state index in [-0.39, 0.29) is 22.5 Å². The van der Waals surface area contributed by atoms with Gasteiger partial charge >= 0.3 is 11.9 Å². The van der Waals surface area contributed by atoms with Crippen molar-refractivity contribution < 1.29 is 32.3 Å². The van der Waals surface area contributed by atoms with Crippen molar-refractivity contribution in [2.45, 2.75) is 19.3 Å². The van der Waals surface area contributed by atoms with Crippen molar-refractivity contribution in [3.63, 3.8) is 0 Å². The first-order valence-electron chi connectivity index (χ1n) is 6.81. The number of sulfonamides is 1. The number of ketones is 2. The number of hydrogen-bond acceptors (Lipinski definition) is 7. The second-order valence-electron chi connectivity index (χ2n) is 5.02. The van der Waals surface area contributed by atoms with Crippen LogP contribution in [-0.2, 0) is 33.9 Å². The summed E-state index contributed by atoms with van der Waals surface area (Å²) in [4.78, 5) is 46.4. The minimum absolute atomic E-state index is 0.0346. The number of hydrogen-bond donors (Lipinski definition) is 1. The summed E-state index contributed by atoms with van der Waals surface area (Å²) in [6.45, 7) is 0. The molecular weight excluding hydrogens is 338 g/mol. The maximum Gasteiger partial charge on any atom is 0.387 e. The van der Waals surface area contributed by atoms with Gasteiger partial charge in [0.2, 0.25) is 10.0 Å². The third-order valence-electron chi connectivity index (χ3n) is 3.28. The molecule has 9 heteroatoms. The van der Waals surface area contributed by atoms with Gasteiger partial charge in [0.15, 0.2) is 5.78 Å². The van der Waals surface area contributed by atoms with Crippen LogP contribution in [0, 0.1) is 0 Å². The van der Waals surface area contributed by atoms with Crippen LogP contribution in [0.15, 0.2) is 46.4 Å². The average molecular weight is 351 g/mol. The van der Waals surface area contributed by atoms with E-state index in [0.29, 0.717) is 6.42 Å². The van der Waals surface area contributed by atoms with Crippen molar-refractivity contribution in [1.29, 1.82) is 0 Å². The molecule has 0 saturated heterocycles. The molecule has 0 spiro atoms. The fourth-order valence-electron chi connectivity index (χ4n) is 2.07. The van der Waals surface area contributed by atoms with E-state index in [1.807, 2.05) is 0 Å². The van der Waals surface area contributed by atoms with E-state index < -0.39 is 39.9 Å². The Balaban J connectivity index is 1.95. The van der Waals surface area contributed by atoms with Crippen molar-refractivity contribution in [2.75, 3.05) is 0 Å². The maximum absolute atomic E-state index is 11.8. The first-order chi connectivity index (χ1) is 11.2. The summed E-state index contributed by atoms with van der Waals surface area (Å²) in [5, 5.41) is 4.92. The van der Waals surface area contributed by atoms with E-state index in [9.17, 15) is 27.6 Å². The maximum atomic E-state index is 11.8. The lowest BCUT2D eigenvalue weighted by atomic mass is 10.0. The molecule has 0 radical (unpaired) electrons. The van der Waals surface area contributed by atoms with Gasteiger partial charge in [-0.15, -0.1) is 0 Å². The Morgan fingerprint density at radius 1 is 1.21 bits per heavy atom. The number of primary sulfonamides is 1. The highest BCUT2D eigenvalue weighted by Gasteiger charge is 2.26. The topological polar surface area (TPSA) is 138 Å². The molecule has 0 aromatic rings. The van der Waals surface area contributed by atoms with Crippen LogP contribution in [-0.4, -0.2) is 31.9 Å². The zero-order chi connectivity index (χ0) is 17.9. The Morgan fingerprint density at radius 3 is 2.46 bits per heavy atom. The zero-order valence-electron chi connectivity index (χ0n) is 12.4. The molecule has 24 heavy (non-hydrogen) atoms. The Morgan fingerprint density at radius 2 is 1.92 bits per heavy atom. The normalized spacial score (nSPS) is 17.0. The Hall–Kier alpha value is -2.65. The molecule has 0 aromatic heterocycles. The third-order valence-corrected chi connectivity index (χ3v) is 4.30. The van der Waals surface area contributed by atoms with E-state index in [1.165, 1.54) is 18.2 Å². The van der Waals surface area contributed by atoms with E-state index in [2.05, 4.69) is 4.74 Å². The molecule has 0 aromatic carbocycles. The van der Waals surface area contributed by atoms with Crippen LogP contribution < -0.4 is 5.14 Å². The zero-order valence-corrected chi connectivity index (χ0v) is 13.2. The fraction of sp³-hybridized carbons (Fsp3) is 0.200. The van der Waals surface area contributed by atoms with Gasteiger partial charge in [0.1, 0.15) is 0 Å². The predicted octanol–water partition coefficient (Wildman–Crippen LogP) is -0.0267. The largest absolute Gasteiger partial charge is 0.387 e. The second-order valence-corrected chi connectivity index (χ2v) is 6.63. The van der Waals surface area contributed by atoms with Gasteiger partial charge in [0, 0.05) is 23.6 Å². The van der Waals surface area contributed by atoms with Crippen molar-refractivity contribution in [2.24, 2.45) is 5.14 Å². The van der Waals surface area contributed by atoms with E-state index in [1.54, 1.807) is 6.08 Å². The predicted molar refractivity (Wildman–Crippen MR) is 81.5 cm³/mol. The number of ether oxygens (including phenoxy) is 1. The summed E-state index contributed by atoms with van der Waals surface area (Å²) in [5.74, 6) is -4.08. The van der Waals surface area contributed by atoms with Gasteiger partial charge in [-0.2, -0.15) is 0 Å².